The third-order valence-corrected chi connectivity index (χ3v) is 6.39. The molecule has 0 radical (unpaired) electrons. The first-order valence-electron chi connectivity index (χ1n) is 5.81. The van der Waals surface area contributed by atoms with Crippen molar-refractivity contribution in [3.05, 3.63) is 46.6 Å². The highest BCUT2D eigenvalue weighted by molar-refractivity contribution is 7.94. The van der Waals surface area contributed by atoms with Gasteiger partial charge in [0.15, 0.2) is 0 Å². The van der Waals surface area contributed by atoms with Crippen LogP contribution in [0.4, 0.5) is 10.1 Å². The van der Waals surface area contributed by atoms with Crippen LogP contribution >= 0.6 is 11.3 Å². The number of sulfonamides is 1. The first-order chi connectivity index (χ1) is 9.37. The van der Waals surface area contributed by atoms with E-state index >= 15 is 0 Å². The zero-order valence-corrected chi connectivity index (χ0v) is 12.6. The van der Waals surface area contributed by atoms with Gasteiger partial charge >= 0.3 is 0 Å². The fraction of sp³-hybridized carbons (Fsp3) is 0.231. The van der Waals surface area contributed by atoms with Crippen LogP contribution in [0.25, 0.3) is 0 Å². The molecule has 0 fully saturated rings. The Hall–Kier alpha value is -1.44. The van der Waals surface area contributed by atoms with E-state index in [4.69, 9.17) is 5.11 Å². The van der Waals surface area contributed by atoms with Crippen molar-refractivity contribution in [3.8, 4) is 0 Å². The molecule has 1 N–H and O–H groups in total. The van der Waals surface area contributed by atoms with Crippen molar-refractivity contribution in [2.45, 2.75) is 17.7 Å². The van der Waals surface area contributed by atoms with Crippen molar-refractivity contribution in [1.82, 2.24) is 0 Å². The lowest BCUT2D eigenvalue weighted by Gasteiger charge is -2.18. The van der Waals surface area contributed by atoms with Gasteiger partial charge in [-0.15, -0.1) is 11.3 Å². The van der Waals surface area contributed by atoms with Gasteiger partial charge < -0.3 is 5.11 Å². The van der Waals surface area contributed by atoms with Gasteiger partial charge in [-0.3, -0.25) is 4.31 Å². The third kappa shape index (κ3) is 2.56. The van der Waals surface area contributed by atoms with Gasteiger partial charge in [0.05, 0.1) is 12.3 Å². The lowest BCUT2D eigenvalue weighted by atomic mass is 10.3. The Labute approximate surface area is 121 Å². The predicted molar refractivity (Wildman–Crippen MR) is 77.0 cm³/mol. The van der Waals surface area contributed by atoms with Crippen LogP contribution < -0.4 is 4.31 Å². The predicted octanol–water partition coefficient (Wildman–Crippen LogP) is 2.51. The van der Waals surface area contributed by atoms with Crippen molar-refractivity contribution >= 4 is 27.0 Å². The van der Waals surface area contributed by atoms with Crippen LogP contribution in [0.3, 0.4) is 0 Å². The topological polar surface area (TPSA) is 57.6 Å². The molecule has 0 bridgehead atoms. The van der Waals surface area contributed by atoms with Gasteiger partial charge in [-0.25, -0.2) is 12.8 Å². The maximum atomic E-state index is 13.7. The first kappa shape index (κ1) is 15.0. The molecule has 2 aromatic rings. The van der Waals surface area contributed by atoms with Gasteiger partial charge in [-0.05, 0) is 30.7 Å². The van der Waals surface area contributed by atoms with Crippen molar-refractivity contribution in [3.63, 3.8) is 0 Å². The average molecular weight is 315 g/mol. The van der Waals surface area contributed by atoms with E-state index in [9.17, 15) is 12.8 Å². The van der Waals surface area contributed by atoms with Gasteiger partial charge in [0.2, 0.25) is 0 Å². The summed E-state index contributed by atoms with van der Waals surface area (Å²) in [5.74, 6) is -0.603. The van der Waals surface area contributed by atoms with Gasteiger partial charge in [0, 0.05) is 11.9 Å². The number of rotatable bonds is 4. The molecule has 0 aliphatic rings. The summed E-state index contributed by atoms with van der Waals surface area (Å²) < 4.78 is 39.6. The quantitative estimate of drug-likeness (QED) is 0.943. The molecular formula is C13H14FNO3S2. The minimum atomic E-state index is -3.83. The fourth-order valence-electron chi connectivity index (χ4n) is 1.74. The second-order valence-electron chi connectivity index (χ2n) is 4.25. The standard InChI is InChI=1S/C13H14FNO3S2/c1-9-7-13(19-12(9)8-16)20(17,18)15(2)11-6-4-3-5-10(11)14/h3-7,16H,8H2,1-2H3. The summed E-state index contributed by atoms with van der Waals surface area (Å²) in [7, 11) is -2.52. The van der Waals surface area contributed by atoms with Crippen molar-refractivity contribution in [2.24, 2.45) is 0 Å². The molecule has 0 aliphatic heterocycles. The zero-order valence-electron chi connectivity index (χ0n) is 11.0. The smallest absolute Gasteiger partial charge is 0.273 e. The maximum Gasteiger partial charge on any atom is 0.273 e. The highest BCUT2D eigenvalue weighted by Gasteiger charge is 2.26. The van der Waals surface area contributed by atoms with Crippen molar-refractivity contribution in [2.75, 3.05) is 11.4 Å². The van der Waals surface area contributed by atoms with Gasteiger partial charge in [0.1, 0.15) is 10.0 Å². The minimum absolute atomic E-state index is 0.0101. The minimum Gasteiger partial charge on any atom is -0.391 e. The summed E-state index contributed by atoms with van der Waals surface area (Å²) in [5, 5.41) is 9.14. The van der Waals surface area contributed by atoms with E-state index in [2.05, 4.69) is 0 Å². The van der Waals surface area contributed by atoms with Gasteiger partial charge in [0.25, 0.3) is 10.0 Å². The lowest BCUT2D eigenvalue weighted by Crippen LogP contribution is -2.26. The van der Waals surface area contributed by atoms with E-state index in [0.717, 1.165) is 15.6 Å². The molecule has 0 amide bonds. The number of hydrogen-bond acceptors (Lipinski definition) is 4. The maximum absolute atomic E-state index is 13.7. The van der Waals surface area contributed by atoms with E-state index in [1.165, 1.54) is 31.3 Å². The molecule has 0 unspecified atom stereocenters. The molecule has 0 spiro atoms. The Kier molecular flexibility index (Phi) is 4.12. The summed E-state index contributed by atoms with van der Waals surface area (Å²) >= 11 is 0.993. The van der Waals surface area contributed by atoms with Crippen LogP contribution in [0, 0.1) is 12.7 Å². The normalized spacial score (nSPS) is 11.6. The Morgan fingerprint density at radius 2 is 2.00 bits per heavy atom. The number of benzene rings is 1. The Balaban J connectivity index is 2.47. The molecular weight excluding hydrogens is 301 g/mol. The number of aryl methyl sites for hydroxylation is 1. The van der Waals surface area contributed by atoms with Crippen LogP contribution in [0.2, 0.25) is 0 Å². The van der Waals surface area contributed by atoms with E-state index in [1.807, 2.05) is 0 Å². The molecule has 1 aromatic heterocycles. The second-order valence-corrected chi connectivity index (χ2v) is 7.59. The number of thiophene rings is 1. The molecule has 0 saturated heterocycles. The number of para-hydroxylation sites is 1. The van der Waals surface area contributed by atoms with E-state index < -0.39 is 15.8 Å². The molecule has 1 aromatic carbocycles. The van der Waals surface area contributed by atoms with Crippen LogP contribution in [-0.2, 0) is 16.6 Å². The lowest BCUT2D eigenvalue weighted by molar-refractivity contribution is 0.285. The molecule has 0 atom stereocenters. The van der Waals surface area contributed by atoms with Crippen LogP contribution in [-0.4, -0.2) is 20.6 Å². The SMILES string of the molecule is Cc1cc(S(=O)(=O)N(C)c2ccccc2F)sc1CO. The van der Waals surface area contributed by atoms with E-state index in [1.54, 1.807) is 13.0 Å². The zero-order chi connectivity index (χ0) is 14.9. The molecule has 108 valence electrons. The van der Waals surface area contributed by atoms with E-state index in [0.29, 0.717) is 10.4 Å². The van der Waals surface area contributed by atoms with Crippen LogP contribution in [0.1, 0.15) is 10.4 Å². The van der Waals surface area contributed by atoms with Crippen LogP contribution in [0.5, 0.6) is 0 Å². The summed E-state index contributed by atoms with van der Waals surface area (Å²) in [4.78, 5) is 0.588. The summed E-state index contributed by atoms with van der Waals surface area (Å²) in [6, 6.07) is 7.17. The first-order valence-corrected chi connectivity index (χ1v) is 8.07. The molecule has 0 saturated carbocycles. The number of hydrogen-bond donors (Lipinski definition) is 1. The van der Waals surface area contributed by atoms with Gasteiger partial charge in [-0.2, -0.15) is 0 Å². The molecule has 20 heavy (non-hydrogen) atoms. The van der Waals surface area contributed by atoms with Crippen LogP contribution in [0.15, 0.2) is 34.5 Å². The van der Waals surface area contributed by atoms with Crippen molar-refractivity contribution < 1.29 is 17.9 Å². The Morgan fingerprint density at radius 1 is 1.35 bits per heavy atom. The van der Waals surface area contributed by atoms with Crippen molar-refractivity contribution in [1.29, 1.82) is 0 Å². The number of anilines is 1. The van der Waals surface area contributed by atoms with E-state index in [-0.39, 0.29) is 16.5 Å². The van der Waals surface area contributed by atoms with Gasteiger partial charge in [-0.1, -0.05) is 12.1 Å². The second kappa shape index (κ2) is 5.51. The molecule has 7 heteroatoms. The largest absolute Gasteiger partial charge is 0.391 e. The number of nitrogens with zero attached hydrogens (tertiary/aromatic N) is 1. The third-order valence-electron chi connectivity index (χ3n) is 2.95. The molecule has 2 rings (SSSR count). The molecule has 4 nitrogen and oxygen atoms in total. The highest BCUT2D eigenvalue weighted by atomic mass is 32.2. The summed E-state index contributed by atoms with van der Waals surface area (Å²) in [6.07, 6.45) is 0. The summed E-state index contributed by atoms with van der Waals surface area (Å²) in [6.45, 7) is 1.51. The number of aliphatic hydroxyl groups is 1. The number of aliphatic hydroxyl groups excluding tert-OH is 1. The molecule has 0 aliphatic carbocycles. The molecule has 1 heterocycles. The average Bonchev–Trinajstić information content (AvgIpc) is 2.80. The summed E-state index contributed by atoms with van der Waals surface area (Å²) in [5.41, 5.74) is 0.696. The fourth-order valence-corrected chi connectivity index (χ4v) is 4.57. The Morgan fingerprint density at radius 3 is 2.55 bits per heavy atom. The number of halogens is 1. The monoisotopic (exact) mass is 315 g/mol. The highest BCUT2D eigenvalue weighted by Crippen LogP contribution is 2.31. The Bertz CT molecular complexity index is 725.